The number of amides is 1. The highest BCUT2D eigenvalue weighted by atomic mass is 32.1. The molecule has 0 unspecified atom stereocenters. The van der Waals surface area contributed by atoms with E-state index in [-0.39, 0.29) is 23.1 Å². The Bertz CT molecular complexity index is 500. The summed E-state index contributed by atoms with van der Waals surface area (Å²) in [6, 6.07) is 0. The number of unbranched alkanes of at least 4 members (excludes halogenated alkanes) is 2. The SMILES string of the molecule is CCCCCNc1sc(C(=O)OCC)c(N)c1C(=O)NC. The number of hydrogen-bond donors (Lipinski definition) is 3. The first-order valence-corrected chi connectivity index (χ1v) is 7.93. The number of nitrogens with two attached hydrogens (primary N) is 1. The van der Waals surface area contributed by atoms with Gasteiger partial charge in [-0.05, 0) is 13.3 Å². The van der Waals surface area contributed by atoms with Gasteiger partial charge in [0.05, 0.1) is 17.9 Å². The van der Waals surface area contributed by atoms with Crippen LogP contribution in [0.3, 0.4) is 0 Å². The van der Waals surface area contributed by atoms with E-state index in [1.165, 1.54) is 7.05 Å². The Labute approximate surface area is 129 Å². The molecule has 7 heteroatoms. The lowest BCUT2D eigenvalue weighted by molar-refractivity contribution is 0.0533. The maximum Gasteiger partial charge on any atom is 0.350 e. The van der Waals surface area contributed by atoms with E-state index in [4.69, 9.17) is 10.5 Å². The number of carbonyl (C=O) groups excluding carboxylic acids is 2. The van der Waals surface area contributed by atoms with Gasteiger partial charge < -0.3 is 21.1 Å². The summed E-state index contributed by atoms with van der Waals surface area (Å²) in [5, 5.41) is 6.35. The van der Waals surface area contributed by atoms with Crippen molar-refractivity contribution in [3.8, 4) is 0 Å². The van der Waals surface area contributed by atoms with Crippen LogP contribution in [0.5, 0.6) is 0 Å². The van der Waals surface area contributed by atoms with E-state index >= 15 is 0 Å². The molecule has 1 amide bonds. The van der Waals surface area contributed by atoms with Gasteiger partial charge in [0, 0.05) is 13.6 Å². The number of nitrogens with one attached hydrogen (secondary N) is 2. The van der Waals surface area contributed by atoms with Crippen molar-refractivity contribution in [1.82, 2.24) is 5.32 Å². The molecule has 0 radical (unpaired) electrons. The second-order valence-electron chi connectivity index (χ2n) is 4.48. The van der Waals surface area contributed by atoms with E-state index < -0.39 is 5.97 Å². The Morgan fingerprint density at radius 2 is 2.00 bits per heavy atom. The van der Waals surface area contributed by atoms with Crippen LogP contribution in [0.1, 0.15) is 53.1 Å². The summed E-state index contributed by atoms with van der Waals surface area (Å²) < 4.78 is 4.97. The van der Waals surface area contributed by atoms with Crippen molar-refractivity contribution in [2.45, 2.75) is 33.1 Å². The number of carbonyl (C=O) groups is 2. The van der Waals surface area contributed by atoms with Crippen molar-refractivity contribution in [2.75, 3.05) is 31.2 Å². The van der Waals surface area contributed by atoms with Crippen LogP contribution in [0, 0.1) is 0 Å². The molecule has 0 aliphatic carbocycles. The Hall–Kier alpha value is -1.76. The van der Waals surface area contributed by atoms with Crippen molar-refractivity contribution < 1.29 is 14.3 Å². The third kappa shape index (κ3) is 4.35. The molecule has 0 saturated carbocycles. The van der Waals surface area contributed by atoms with Crippen LogP contribution in [-0.4, -0.2) is 32.1 Å². The van der Waals surface area contributed by atoms with Crippen LogP contribution in [0.2, 0.25) is 0 Å². The molecule has 0 aromatic carbocycles. The molecular formula is C14H23N3O3S. The largest absolute Gasteiger partial charge is 0.462 e. The van der Waals surface area contributed by atoms with Gasteiger partial charge in [-0.2, -0.15) is 0 Å². The van der Waals surface area contributed by atoms with Crippen LogP contribution in [-0.2, 0) is 4.74 Å². The number of anilines is 2. The fourth-order valence-corrected chi connectivity index (χ4v) is 2.88. The number of ether oxygens (including phenoxy) is 1. The number of rotatable bonds is 8. The fourth-order valence-electron chi connectivity index (χ4n) is 1.84. The Kier molecular flexibility index (Phi) is 7.01. The van der Waals surface area contributed by atoms with Gasteiger partial charge >= 0.3 is 5.97 Å². The first-order valence-electron chi connectivity index (χ1n) is 7.12. The smallest absolute Gasteiger partial charge is 0.350 e. The lowest BCUT2D eigenvalue weighted by atomic mass is 10.2. The highest BCUT2D eigenvalue weighted by molar-refractivity contribution is 7.19. The summed E-state index contributed by atoms with van der Waals surface area (Å²) in [7, 11) is 1.53. The zero-order chi connectivity index (χ0) is 15.8. The van der Waals surface area contributed by atoms with Gasteiger partial charge in [0.1, 0.15) is 9.88 Å². The number of esters is 1. The van der Waals surface area contributed by atoms with E-state index in [1.807, 2.05) is 0 Å². The summed E-state index contributed by atoms with van der Waals surface area (Å²) in [6.07, 6.45) is 3.22. The Balaban J connectivity index is 3.00. The van der Waals surface area contributed by atoms with Gasteiger partial charge in [0.2, 0.25) is 0 Å². The molecule has 1 heterocycles. The van der Waals surface area contributed by atoms with E-state index in [1.54, 1.807) is 6.92 Å². The molecular weight excluding hydrogens is 290 g/mol. The fraction of sp³-hybridized carbons (Fsp3) is 0.571. The summed E-state index contributed by atoms with van der Waals surface area (Å²) in [6.45, 7) is 4.86. The van der Waals surface area contributed by atoms with Gasteiger partial charge in [0.25, 0.3) is 5.91 Å². The average Bonchev–Trinajstić information content (AvgIpc) is 2.80. The minimum absolute atomic E-state index is 0.177. The van der Waals surface area contributed by atoms with Crippen molar-refractivity contribution >= 4 is 33.9 Å². The lowest BCUT2D eigenvalue weighted by Crippen LogP contribution is -2.20. The minimum Gasteiger partial charge on any atom is -0.462 e. The zero-order valence-electron chi connectivity index (χ0n) is 12.7. The highest BCUT2D eigenvalue weighted by Crippen LogP contribution is 2.36. The normalized spacial score (nSPS) is 10.2. The van der Waals surface area contributed by atoms with Gasteiger partial charge in [-0.3, -0.25) is 4.79 Å². The van der Waals surface area contributed by atoms with Crippen molar-refractivity contribution in [2.24, 2.45) is 0 Å². The van der Waals surface area contributed by atoms with Crippen LogP contribution in [0.25, 0.3) is 0 Å². The molecule has 0 saturated heterocycles. The molecule has 0 aliphatic heterocycles. The van der Waals surface area contributed by atoms with Gasteiger partial charge in [-0.1, -0.05) is 19.8 Å². The first kappa shape index (κ1) is 17.3. The molecule has 21 heavy (non-hydrogen) atoms. The van der Waals surface area contributed by atoms with E-state index in [0.29, 0.717) is 10.6 Å². The molecule has 1 rings (SSSR count). The molecule has 1 aromatic heterocycles. The average molecular weight is 313 g/mol. The standard InChI is InChI=1S/C14H23N3O3S/c1-4-6-7-8-17-13-9(12(18)16-3)10(15)11(21-13)14(19)20-5-2/h17H,4-8,15H2,1-3H3,(H,16,18). The summed E-state index contributed by atoms with van der Waals surface area (Å²) in [4.78, 5) is 24.1. The predicted molar refractivity (Wildman–Crippen MR) is 86.1 cm³/mol. The summed E-state index contributed by atoms with van der Waals surface area (Å²) >= 11 is 1.16. The van der Waals surface area contributed by atoms with Crippen molar-refractivity contribution in [3.05, 3.63) is 10.4 Å². The van der Waals surface area contributed by atoms with E-state index in [9.17, 15) is 9.59 Å². The third-order valence-electron chi connectivity index (χ3n) is 2.93. The van der Waals surface area contributed by atoms with Crippen LogP contribution in [0.4, 0.5) is 10.7 Å². The molecule has 0 spiro atoms. The molecule has 0 bridgehead atoms. The second kappa shape index (κ2) is 8.51. The first-order chi connectivity index (χ1) is 10.1. The van der Waals surface area contributed by atoms with Crippen molar-refractivity contribution in [3.63, 3.8) is 0 Å². The number of nitrogen functional groups attached to an aromatic ring is 1. The summed E-state index contributed by atoms with van der Waals surface area (Å²) in [5.41, 5.74) is 6.45. The maximum absolute atomic E-state index is 12.0. The second-order valence-corrected chi connectivity index (χ2v) is 5.50. The van der Waals surface area contributed by atoms with E-state index in [2.05, 4.69) is 17.6 Å². The predicted octanol–water partition coefficient (Wildman–Crippen LogP) is 2.47. The van der Waals surface area contributed by atoms with E-state index in [0.717, 1.165) is 37.1 Å². The highest BCUT2D eigenvalue weighted by Gasteiger charge is 2.25. The molecule has 0 fully saturated rings. The minimum atomic E-state index is -0.494. The van der Waals surface area contributed by atoms with Gasteiger partial charge in [-0.15, -0.1) is 11.3 Å². The molecule has 118 valence electrons. The van der Waals surface area contributed by atoms with Crippen LogP contribution < -0.4 is 16.4 Å². The topological polar surface area (TPSA) is 93.4 Å². The quantitative estimate of drug-likeness (QED) is 0.506. The molecule has 6 nitrogen and oxygen atoms in total. The monoisotopic (exact) mass is 313 g/mol. The summed E-state index contributed by atoms with van der Waals surface area (Å²) in [5.74, 6) is -0.802. The lowest BCUT2D eigenvalue weighted by Gasteiger charge is -2.06. The number of hydrogen-bond acceptors (Lipinski definition) is 6. The Morgan fingerprint density at radius 1 is 1.29 bits per heavy atom. The molecule has 0 atom stereocenters. The Morgan fingerprint density at radius 3 is 2.57 bits per heavy atom. The van der Waals surface area contributed by atoms with Crippen molar-refractivity contribution in [1.29, 1.82) is 0 Å². The molecule has 1 aromatic rings. The third-order valence-corrected chi connectivity index (χ3v) is 4.07. The molecule has 0 aliphatic rings. The van der Waals surface area contributed by atoms with Gasteiger partial charge in [0.15, 0.2) is 0 Å². The zero-order valence-corrected chi connectivity index (χ0v) is 13.6. The number of thiophene rings is 1. The van der Waals surface area contributed by atoms with Crippen LogP contribution >= 0.6 is 11.3 Å². The molecule has 4 N–H and O–H groups in total. The van der Waals surface area contributed by atoms with Crippen LogP contribution in [0.15, 0.2) is 0 Å². The van der Waals surface area contributed by atoms with Gasteiger partial charge in [-0.25, -0.2) is 4.79 Å². The maximum atomic E-state index is 12.0.